The molecule has 0 atom stereocenters. The molecule has 1 N–H and O–H groups in total. The van der Waals surface area contributed by atoms with Gasteiger partial charge in [0.1, 0.15) is 5.75 Å². The van der Waals surface area contributed by atoms with Crippen LogP contribution < -0.4 is 4.90 Å². The van der Waals surface area contributed by atoms with Gasteiger partial charge >= 0.3 is 0 Å². The second kappa shape index (κ2) is 9.21. The molecule has 1 amide bonds. The molecule has 1 aromatic carbocycles. The Labute approximate surface area is 193 Å². The monoisotopic (exact) mass is 447 g/mol. The Balaban J connectivity index is 1.33. The third kappa shape index (κ3) is 4.69. The van der Waals surface area contributed by atoms with E-state index in [4.69, 9.17) is 9.51 Å². The number of nitrogens with zero attached hydrogens (tertiary/aromatic N) is 5. The van der Waals surface area contributed by atoms with E-state index in [0.717, 1.165) is 54.4 Å². The van der Waals surface area contributed by atoms with Crippen molar-refractivity contribution in [3.63, 3.8) is 0 Å². The number of hydrogen-bond donors (Lipinski definition) is 1. The summed E-state index contributed by atoms with van der Waals surface area (Å²) in [6.45, 7) is 5.24. The molecule has 2 aliphatic heterocycles. The van der Waals surface area contributed by atoms with Gasteiger partial charge in [-0.25, -0.2) is 9.97 Å². The number of rotatable bonds is 5. The largest absolute Gasteiger partial charge is 0.508 e. The standard InChI is InChI=1S/C25H29N5O3/c1-17-13-22(33-28-17)21-16-26-25(30-9-2-3-10-30)27-24(21)19-7-11-29(12-8-19)23(32)15-18-5-4-6-20(31)14-18/h4-6,13-14,16,19,31H,2-3,7-12,15H2,1H3. The number of phenolic OH excluding ortho intramolecular Hbond substituents is 1. The number of piperidine rings is 1. The third-order valence-electron chi connectivity index (χ3n) is 6.59. The number of phenols is 1. The lowest BCUT2D eigenvalue weighted by Crippen LogP contribution is -2.39. The maximum atomic E-state index is 12.8. The van der Waals surface area contributed by atoms with Crippen molar-refractivity contribution in [2.45, 2.75) is 44.9 Å². The van der Waals surface area contributed by atoms with E-state index in [9.17, 15) is 9.90 Å². The number of carbonyl (C=O) groups is 1. The number of carbonyl (C=O) groups excluding carboxylic acids is 1. The van der Waals surface area contributed by atoms with Crippen LogP contribution in [0.3, 0.4) is 0 Å². The van der Waals surface area contributed by atoms with E-state index in [1.54, 1.807) is 18.2 Å². The van der Waals surface area contributed by atoms with E-state index in [1.165, 1.54) is 12.8 Å². The summed E-state index contributed by atoms with van der Waals surface area (Å²) >= 11 is 0. The molecule has 8 nitrogen and oxygen atoms in total. The summed E-state index contributed by atoms with van der Waals surface area (Å²) in [4.78, 5) is 26.6. The van der Waals surface area contributed by atoms with Gasteiger partial charge in [-0.15, -0.1) is 0 Å². The average Bonchev–Trinajstić information content (AvgIpc) is 3.51. The van der Waals surface area contributed by atoms with E-state index in [1.807, 2.05) is 30.2 Å². The minimum absolute atomic E-state index is 0.0885. The van der Waals surface area contributed by atoms with Gasteiger partial charge in [-0.05, 0) is 50.3 Å². The van der Waals surface area contributed by atoms with Crippen molar-refractivity contribution in [3.8, 4) is 17.1 Å². The second-order valence-electron chi connectivity index (χ2n) is 9.00. The van der Waals surface area contributed by atoms with Crippen molar-refractivity contribution in [2.75, 3.05) is 31.1 Å². The molecule has 0 aliphatic carbocycles. The second-order valence-corrected chi connectivity index (χ2v) is 9.00. The number of anilines is 1. The quantitative estimate of drug-likeness (QED) is 0.637. The summed E-state index contributed by atoms with van der Waals surface area (Å²) in [6.07, 6.45) is 6.18. The highest BCUT2D eigenvalue weighted by Crippen LogP contribution is 2.35. The summed E-state index contributed by atoms with van der Waals surface area (Å²) in [6, 6.07) is 8.83. The average molecular weight is 448 g/mol. The number of hydrogen-bond acceptors (Lipinski definition) is 7. The predicted octanol–water partition coefficient (Wildman–Crippen LogP) is 3.69. The van der Waals surface area contributed by atoms with Crippen molar-refractivity contribution in [1.82, 2.24) is 20.0 Å². The summed E-state index contributed by atoms with van der Waals surface area (Å²) in [7, 11) is 0. The number of aromatic nitrogens is 3. The van der Waals surface area contributed by atoms with E-state index >= 15 is 0 Å². The fraction of sp³-hybridized carbons (Fsp3) is 0.440. The molecule has 2 saturated heterocycles. The fourth-order valence-corrected chi connectivity index (χ4v) is 4.80. The number of likely N-dealkylation sites (tertiary alicyclic amines) is 1. The molecule has 0 unspecified atom stereocenters. The van der Waals surface area contributed by atoms with Crippen LogP contribution in [0.1, 0.15) is 48.6 Å². The first kappa shape index (κ1) is 21.4. The first-order valence-corrected chi connectivity index (χ1v) is 11.7. The van der Waals surface area contributed by atoms with Crippen LogP contribution >= 0.6 is 0 Å². The van der Waals surface area contributed by atoms with Gasteiger partial charge in [0.2, 0.25) is 11.9 Å². The highest BCUT2D eigenvalue weighted by molar-refractivity contribution is 5.79. The lowest BCUT2D eigenvalue weighted by Gasteiger charge is -2.32. The van der Waals surface area contributed by atoms with Crippen molar-refractivity contribution in [2.24, 2.45) is 0 Å². The minimum atomic E-state index is 0.0885. The Kier molecular flexibility index (Phi) is 5.98. The maximum absolute atomic E-state index is 12.8. The van der Waals surface area contributed by atoms with Crippen molar-refractivity contribution in [3.05, 3.63) is 53.5 Å². The lowest BCUT2D eigenvalue weighted by molar-refractivity contribution is -0.131. The normalized spacial score (nSPS) is 17.0. The molecule has 2 aromatic heterocycles. The molecule has 0 saturated carbocycles. The molecule has 0 bridgehead atoms. The van der Waals surface area contributed by atoms with Gasteiger partial charge in [0.05, 0.1) is 23.4 Å². The van der Waals surface area contributed by atoms with Crippen LogP contribution in [0.15, 0.2) is 41.1 Å². The summed E-state index contributed by atoms with van der Waals surface area (Å²) in [5.41, 5.74) is 3.54. The molecule has 3 aromatic rings. The zero-order chi connectivity index (χ0) is 22.8. The molecule has 5 rings (SSSR count). The molecule has 8 heteroatoms. The molecular formula is C25H29N5O3. The van der Waals surface area contributed by atoms with Gasteiger partial charge in [0, 0.05) is 44.4 Å². The van der Waals surface area contributed by atoms with Gasteiger partial charge in [-0.3, -0.25) is 4.79 Å². The van der Waals surface area contributed by atoms with Crippen LogP contribution in [-0.4, -0.2) is 57.2 Å². The molecule has 4 heterocycles. The van der Waals surface area contributed by atoms with Crippen molar-refractivity contribution < 1.29 is 14.4 Å². The SMILES string of the molecule is Cc1cc(-c2cnc(N3CCCC3)nc2C2CCN(C(=O)Cc3cccc(O)c3)CC2)on1. The third-order valence-corrected chi connectivity index (χ3v) is 6.59. The summed E-state index contributed by atoms with van der Waals surface area (Å²) < 4.78 is 5.55. The Morgan fingerprint density at radius 1 is 1.15 bits per heavy atom. The van der Waals surface area contributed by atoms with Crippen LogP contribution in [0.5, 0.6) is 5.75 Å². The lowest BCUT2D eigenvalue weighted by atomic mass is 9.90. The number of benzene rings is 1. The Morgan fingerprint density at radius 2 is 1.94 bits per heavy atom. The van der Waals surface area contributed by atoms with Crippen molar-refractivity contribution >= 4 is 11.9 Å². The van der Waals surface area contributed by atoms with Crippen LogP contribution in [-0.2, 0) is 11.2 Å². The first-order valence-electron chi connectivity index (χ1n) is 11.7. The molecular weight excluding hydrogens is 418 g/mol. The molecule has 33 heavy (non-hydrogen) atoms. The van der Waals surface area contributed by atoms with Crippen molar-refractivity contribution in [1.29, 1.82) is 0 Å². The maximum Gasteiger partial charge on any atom is 0.226 e. The summed E-state index contributed by atoms with van der Waals surface area (Å²) in [5, 5.41) is 13.7. The number of aryl methyl sites for hydroxylation is 1. The van der Waals surface area contributed by atoms with Gasteiger partial charge < -0.3 is 19.4 Å². The Hall–Kier alpha value is -3.42. The van der Waals surface area contributed by atoms with E-state index in [2.05, 4.69) is 15.0 Å². The first-order chi connectivity index (χ1) is 16.1. The Morgan fingerprint density at radius 3 is 2.64 bits per heavy atom. The molecule has 2 aliphatic rings. The van der Waals surface area contributed by atoms with Crippen LogP contribution in [0.4, 0.5) is 5.95 Å². The Bertz CT molecular complexity index is 1130. The van der Waals surface area contributed by atoms with Gasteiger partial charge in [-0.2, -0.15) is 0 Å². The zero-order valence-corrected chi connectivity index (χ0v) is 18.9. The molecule has 2 fully saturated rings. The summed E-state index contributed by atoms with van der Waals surface area (Å²) in [5.74, 6) is 1.97. The van der Waals surface area contributed by atoms with E-state index in [-0.39, 0.29) is 17.6 Å². The minimum Gasteiger partial charge on any atom is -0.508 e. The van der Waals surface area contributed by atoms with E-state index < -0.39 is 0 Å². The van der Waals surface area contributed by atoms with E-state index in [0.29, 0.717) is 25.3 Å². The van der Waals surface area contributed by atoms with Crippen LogP contribution in [0.25, 0.3) is 11.3 Å². The highest BCUT2D eigenvalue weighted by Gasteiger charge is 2.29. The molecule has 0 radical (unpaired) electrons. The molecule has 172 valence electrons. The van der Waals surface area contributed by atoms with Crippen LogP contribution in [0, 0.1) is 6.92 Å². The van der Waals surface area contributed by atoms with Crippen LogP contribution in [0.2, 0.25) is 0 Å². The molecule has 0 spiro atoms. The predicted molar refractivity (Wildman–Crippen MR) is 124 cm³/mol. The van der Waals surface area contributed by atoms with Gasteiger partial charge in [0.15, 0.2) is 5.76 Å². The smallest absolute Gasteiger partial charge is 0.226 e. The number of aromatic hydroxyl groups is 1. The zero-order valence-electron chi connectivity index (χ0n) is 18.9. The fourth-order valence-electron chi connectivity index (χ4n) is 4.80. The number of amides is 1. The topological polar surface area (TPSA) is 95.6 Å². The van der Waals surface area contributed by atoms with Gasteiger partial charge in [-0.1, -0.05) is 17.3 Å². The highest BCUT2D eigenvalue weighted by atomic mass is 16.5. The van der Waals surface area contributed by atoms with Gasteiger partial charge in [0.25, 0.3) is 0 Å².